The molecule has 2 aliphatic rings. The van der Waals surface area contributed by atoms with Crippen molar-refractivity contribution in [2.75, 3.05) is 6.54 Å². The Hall–Kier alpha value is -0.530. The fourth-order valence-electron chi connectivity index (χ4n) is 3.27. The number of hydrogen-bond donors (Lipinski definition) is 1. The molecule has 2 heteroatoms. The molecule has 15 heavy (non-hydrogen) atoms. The number of amides is 1. The van der Waals surface area contributed by atoms with Gasteiger partial charge in [-0.15, -0.1) is 0 Å². The lowest BCUT2D eigenvalue weighted by atomic mass is 9.79. The highest BCUT2D eigenvalue weighted by Gasteiger charge is 2.39. The van der Waals surface area contributed by atoms with Gasteiger partial charge >= 0.3 is 0 Å². The van der Waals surface area contributed by atoms with Gasteiger partial charge in [0.2, 0.25) is 5.91 Å². The van der Waals surface area contributed by atoms with Crippen LogP contribution < -0.4 is 5.32 Å². The van der Waals surface area contributed by atoms with E-state index in [1.807, 2.05) is 0 Å². The number of hydrogen-bond acceptors (Lipinski definition) is 1. The van der Waals surface area contributed by atoms with E-state index in [9.17, 15) is 4.79 Å². The zero-order valence-electron chi connectivity index (χ0n) is 10.0. The van der Waals surface area contributed by atoms with E-state index in [1.165, 1.54) is 32.1 Å². The molecule has 1 heterocycles. The minimum atomic E-state index is 0.276. The van der Waals surface area contributed by atoms with E-state index < -0.39 is 0 Å². The van der Waals surface area contributed by atoms with Crippen molar-refractivity contribution >= 4 is 5.91 Å². The zero-order valence-corrected chi connectivity index (χ0v) is 10.0. The van der Waals surface area contributed by atoms with E-state index in [1.54, 1.807) is 0 Å². The van der Waals surface area contributed by atoms with Crippen LogP contribution in [0.4, 0.5) is 0 Å². The van der Waals surface area contributed by atoms with Gasteiger partial charge in [-0.3, -0.25) is 4.79 Å². The summed E-state index contributed by atoms with van der Waals surface area (Å²) in [5.41, 5.74) is 0.334. The molecular weight excluding hydrogens is 186 g/mol. The number of nitrogens with one attached hydrogen (secondary N) is 1. The van der Waals surface area contributed by atoms with Crippen LogP contribution in [-0.2, 0) is 4.79 Å². The van der Waals surface area contributed by atoms with Gasteiger partial charge in [-0.05, 0) is 36.5 Å². The van der Waals surface area contributed by atoms with Gasteiger partial charge in [-0.2, -0.15) is 0 Å². The van der Waals surface area contributed by atoms with Crippen LogP contribution >= 0.6 is 0 Å². The van der Waals surface area contributed by atoms with Crippen molar-refractivity contribution in [3.63, 3.8) is 0 Å². The first-order valence-electron chi connectivity index (χ1n) is 6.38. The molecule has 1 saturated heterocycles. The Morgan fingerprint density at radius 1 is 1.33 bits per heavy atom. The molecule has 0 aromatic rings. The molecule has 1 aliphatic heterocycles. The molecule has 1 spiro atoms. The smallest absolute Gasteiger partial charge is 0.220 e. The van der Waals surface area contributed by atoms with Gasteiger partial charge in [0.05, 0.1) is 0 Å². The summed E-state index contributed by atoms with van der Waals surface area (Å²) in [5.74, 6) is 1.98. The zero-order chi connectivity index (χ0) is 10.9. The summed E-state index contributed by atoms with van der Waals surface area (Å²) in [6, 6.07) is 0. The molecule has 0 aromatic carbocycles. The lowest BCUT2D eigenvalue weighted by molar-refractivity contribution is -0.119. The Bertz CT molecular complexity index is 249. The first-order chi connectivity index (χ1) is 7.11. The molecule has 0 radical (unpaired) electrons. The van der Waals surface area contributed by atoms with Gasteiger partial charge in [0, 0.05) is 13.0 Å². The molecule has 2 rings (SSSR count). The Kier molecular flexibility index (Phi) is 3.03. The fourth-order valence-corrected chi connectivity index (χ4v) is 3.27. The third-order valence-electron chi connectivity index (χ3n) is 4.47. The summed E-state index contributed by atoms with van der Waals surface area (Å²) >= 11 is 0. The van der Waals surface area contributed by atoms with Crippen molar-refractivity contribution in [2.45, 2.75) is 52.4 Å². The van der Waals surface area contributed by atoms with Crippen molar-refractivity contribution in [3.8, 4) is 0 Å². The van der Waals surface area contributed by atoms with Crippen LogP contribution in [0, 0.1) is 17.3 Å². The van der Waals surface area contributed by atoms with Crippen LogP contribution in [0.3, 0.4) is 0 Å². The maximum atomic E-state index is 11.3. The highest BCUT2D eigenvalue weighted by atomic mass is 16.1. The second-order valence-electron chi connectivity index (χ2n) is 5.89. The van der Waals surface area contributed by atoms with Gasteiger partial charge in [0.25, 0.3) is 0 Å². The molecule has 0 aromatic heterocycles. The Morgan fingerprint density at radius 3 is 2.73 bits per heavy atom. The summed E-state index contributed by atoms with van der Waals surface area (Å²) < 4.78 is 0. The predicted molar refractivity (Wildman–Crippen MR) is 61.5 cm³/mol. The summed E-state index contributed by atoms with van der Waals surface area (Å²) in [7, 11) is 0. The largest absolute Gasteiger partial charge is 0.356 e. The average molecular weight is 209 g/mol. The molecule has 2 nitrogen and oxygen atoms in total. The molecule has 1 aliphatic carbocycles. The second-order valence-corrected chi connectivity index (χ2v) is 5.89. The molecule has 1 N–H and O–H groups in total. The lowest BCUT2D eigenvalue weighted by Crippen LogP contribution is -2.23. The third-order valence-corrected chi connectivity index (χ3v) is 4.47. The SMILES string of the molecule is CC(C)C1CCCC2(CC1)CNC(=O)C2. The van der Waals surface area contributed by atoms with Gasteiger partial charge in [0.1, 0.15) is 0 Å². The van der Waals surface area contributed by atoms with Gasteiger partial charge in [-0.1, -0.05) is 26.7 Å². The molecule has 1 saturated carbocycles. The number of carbonyl (C=O) groups is 1. The molecule has 0 bridgehead atoms. The average Bonchev–Trinajstić information content (AvgIpc) is 2.43. The summed E-state index contributed by atoms with van der Waals surface area (Å²) in [6.07, 6.45) is 7.32. The van der Waals surface area contributed by atoms with E-state index in [2.05, 4.69) is 19.2 Å². The standard InChI is InChI=1S/C13H23NO/c1-10(2)11-4-3-6-13(7-5-11)8-12(15)14-9-13/h10-11H,3-9H2,1-2H3,(H,14,15). The Labute approximate surface area is 92.8 Å². The minimum Gasteiger partial charge on any atom is -0.356 e. The van der Waals surface area contributed by atoms with Crippen LogP contribution in [0.1, 0.15) is 52.4 Å². The van der Waals surface area contributed by atoms with E-state index in [0.29, 0.717) is 5.41 Å². The summed E-state index contributed by atoms with van der Waals surface area (Å²) in [5, 5.41) is 3.01. The first-order valence-corrected chi connectivity index (χ1v) is 6.38. The van der Waals surface area contributed by atoms with Crippen LogP contribution in [-0.4, -0.2) is 12.5 Å². The van der Waals surface area contributed by atoms with Crippen LogP contribution in [0.2, 0.25) is 0 Å². The Balaban J connectivity index is 1.98. The van der Waals surface area contributed by atoms with Crippen molar-refractivity contribution in [1.82, 2.24) is 5.32 Å². The van der Waals surface area contributed by atoms with Crippen molar-refractivity contribution < 1.29 is 4.79 Å². The Morgan fingerprint density at radius 2 is 2.13 bits per heavy atom. The molecule has 2 unspecified atom stereocenters. The predicted octanol–water partition coefficient (Wildman–Crippen LogP) is 2.73. The second kappa shape index (κ2) is 4.15. The van der Waals surface area contributed by atoms with Crippen LogP contribution in [0.15, 0.2) is 0 Å². The fraction of sp³-hybridized carbons (Fsp3) is 0.923. The first kappa shape index (κ1) is 11.0. The third kappa shape index (κ3) is 2.35. The molecule has 2 atom stereocenters. The van der Waals surface area contributed by atoms with Crippen LogP contribution in [0.5, 0.6) is 0 Å². The van der Waals surface area contributed by atoms with E-state index in [0.717, 1.165) is 24.8 Å². The molecule has 1 amide bonds. The normalized spacial score (nSPS) is 37.0. The van der Waals surface area contributed by atoms with Gasteiger partial charge in [0.15, 0.2) is 0 Å². The van der Waals surface area contributed by atoms with Crippen molar-refractivity contribution in [2.24, 2.45) is 17.3 Å². The van der Waals surface area contributed by atoms with Crippen molar-refractivity contribution in [3.05, 3.63) is 0 Å². The number of carbonyl (C=O) groups excluding carboxylic acids is 1. The van der Waals surface area contributed by atoms with Gasteiger partial charge in [-0.25, -0.2) is 0 Å². The number of rotatable bonds is 1. The summed E-state index contributed by atoms with van der Waals surface area (Å²) in [6.45, 7) is 5.61. The van der Waals surface area contributed by atoms with Crippen molar-refractivity contribution in [1.29, 1.82) is 0 Å². The van der Waals surface area contributed by atoms with E-state index >= 15 is 0 Å². The maximum absolute atomic E-state index is 11.3. The molecule has 86 valence electrons. The van der Waals surface area contributed by atoms with Gasteiger partial charge < -0.3 is 5.32 Å². The van der Waals surface area contributed by atoms with E-state index in [4.69, 9.17) is 0 Å². The molecule has 2 fully saturated rings. The highest BCUT2D eigenvalue weighted by molar-refractivity contribution is 5.79. The van der Waals surface area contributed by atoms with E-state index in [-0.39, 0.29) is 5.91 Å². The monoisotopic (exact) mass is 209 g/mol. The van der Waals surface area contributed by atoms with Crippen LogP contribution in [0.25, 0.3) is 0 Å². The lowest BCUT2D eigenvalue weighted by Gasteiger charge is -2.25. The quantitative estimate of drug-likeness (QED) is 0.707. The molecular formula is C13H23NO. The minimum absolute atomic E-state index is 0.276. The summed E-state index contributed by atoms with van der Waals surface area (Å²) in [4.78, 5) is 11.3. The highest BCUT2D eigenvalue weighted by Crippen LogP contribution is 2.43. The maximum Gasteiger partial charge on any atom is 0.220 e. The topological polar surface area (TPSA) is 29.1 Å².